The fourth-order valence-electron chi connectivity index (χ4n) is 1.78. The van der Waals surface area contributed by atoms with Gasteiger partial charge < -0.3 is 0 Å². The Kier molecular flexibility index (Phi) is 3.13. The second kappa shape index (κ2) is 4.30. The molecule has 0 saturated carbocycles. The van der Waals surface area contributed by atoms with E-state index in [1.165, 1.54) is 12.1 Å². The van der Waals surface area contributed by atoms with Gasteiger partial charge in [0, 0.05) is 22.2 Å². The highest BCUT2D eigenvalue weighted by atomic mass is 32.1. The number of aromatic nitrogens is 1. The number of fused-ring (bicyclic) bond motifs is 1. The zero-order valence-electron chi connectivity index (χ0n) is 10.3. The molecule has 17 heavy (non-hydrogen) atoms. The minimum Gasteiger partial charge on any atom is -0.252 e. The summed E-state index contributed by atoms with van der Waals surface area (Å²) in [7, 11) is 0. The number of hydrogen-bond donors (Lipinski definition) is 1. The van der Waals surface area contributed by atoms with Crippen molar-refractivity contribution in [2.75, 3.05) is 0 Å². The van der Waals surface area contributed by atoms with Gasteiger partial charge in [0.2, 0.25) is 0 Å². The number of halogens is 1. The second-order valence-corrected chi connectivity index (χ2v) is 5.55. The number of hydrogen-bond acceptors (Lipinski definition) is 2. The van der Waals surface area contributed by atoms with E-state index >= 15 is 0 Å². The van der Waals surface area contributed by atoms with Gasteiger partial charge in [0.15, 0.2) is 0 Å². The first-order valence-electron chi connectivity index (χ1n) is 5.62. The van der Waals surface area contributed by atoms with E-state index in [0.717, 1.165) is 22.2 Å². The van der Waals surface area contributed by atoms with Gasteiger partial charge >= 0.3 is 0 Å². The Labute approximate surface area is 106 Å². The van der Waals surface area contributed by atoms with Crippen LogP contribution in [0.1, 0.15) is 32.0 Å². The normalized spacial score (nSPS) is 12.1. The van der Waals surface area contributed by atoms with E-state index < -0.39 is 0 Å². The van der Waals surface area contributed by atoms with Crippen molar-refractivity contribution < 1.29 is 4.39 Å². The van der Waals surface area contributed by atoms with Crippen molar-refractivity contribution in [1.82, 2.24) is 4.98 Å². The van der Waals surface area contributed by atoms with Crippen LogP contribution >= 0.6 is 12.6 Å². The molecule has 0 N–H and O–H groups in total. The largest absolute Gasteiger partial charge is 0.252 e. The van der Waals surface area contributed by atoms with E-state index in [-0.39, 0.29) is 11.2 Å². The molecule has 2 aromatic rings. The molecule has 0 spiro atoms. The zero-order chi connectivity index (χ0) is 12.6. The summed E-state index contributed by atoms with van der Waals surface area (Å²) in [5.74, 6) is 0.358. The predicted octanol–water partition coefficient (Wildman–Crippen LogP) is 4.10. The monoisotopic (exact) mass is 249 g/mol. The van der Waals surface area contributed by atoms with Crippen LogP contribution in [0.25, 0.3) is 10.9 Å². The molecular weight excluding hydrogens is 233 g/mol. The zero-order valence-corrected chi connectivity index (χ0v) is 11.2. The molecule has 0 unspecified atom stereocenters. The Bertz CT molecular complexity index is 558. The molecule has 0 saturated heterocycles. The Balaban J connectivity index is 2.75. The van der Waals surface area contributed by atoms with Crippen molar-refractivity contribution in [3.05, 3.63) is 41.3 Å². The van der Waals surface area contributed by atoms with Gasteiger partial charge in [0.1, 0.15) is 5.82 Å². The highest BCUT2D eigenvalue weighted by molar-refractivity contribution is 7.79. The fourth-order valence-corrected chi connectivity index (χ4v) is 2.04. The first-order valence-corrected chi connectivity index (χ1v) is 6.25. The number of nitrogens with zero attached hydrogens (tertiary/aromatic N) is 1. The van der Waals surface area contributed by atoms with Gasteiger partial charge in [-0.2, -0.15) is 12.6 Å². The van der Waals surface area contributed by atoms with E-state index in [2.05, 4.69) is 38.4 Å². The van der Waals surface area contributed by atoms with E-state index in [0.29, 0.717) is 5.75 Å². The van der Waals surface area contributed by atoms with Gasteiger partial charge in [-0.3, -0.25) is 4.98 Å². The molecule has 0 bridgehead atoms. The molecule has 0 aliphatic rings. The van der Waals surface area contributed by atoms with Gasteiger partial charge in [-0.25, -0.2) is 4.39 Å². The Hall–Kier alpha value is -1.09. The van der Waals surface area contributed by atoms with Gasteiger partial charge in [0.25, 0.3) is 0 Å². The molecule has 1 heterocycles. The van der Waals surface area contributed by atoms with Crippen LogP contribution in [0.2, 0.25) is 0 Å². The van der Waals surface area contributed by atoms with Crippen LogP contribution < -0.4 is 0 Å². The minimum absolute atomic E-state index is 0.0136. The molecule has 1 aromatic carbocycles. The Morgan fingerprint density at radius 3 is 2.53 bits per heavy atom. The summed E-state index contributed by atoms with van der Waals surface area (Å²) in [4.78, 5) is 4.60. The molecule has 0 aliphatic heterocycles. The smallest absolute Gasteiger partial charge is 0.123 e. The van der Waals surface area contributed by atoms with E-state index in [9.17, 15) is 4.39 Å². The third kappa shape index (κ3) is 2.44. The molecule has 3 heteroatoms. The molecule has 0 amide bonds. The maximum absolute atomic E-state index is 13.2. The van der Waals surface area contributed by atoms with Crippen LogP contribution in [0, 0.1) is 5.82 Å². The second-order valence-electron chi connectivity index (χ2n) is 5.24. The summed E-state index contributed by atoms with van der Waals surface area (Å²) >= 11 is 4.31. The van der Waals surface area contributed by atoms with Gasteiger partial charge in [-0.15, -0.1) is 0 Å². The lowest BCUT2D eigenvalue weighted by molar-refractivity contribution is 0.571. The van der Waals surface area contributed by atoms with Crippen LogP contribution in [0.4, 0.5) is 4.39 Å². The first kappa shape index (κ1) is 12.4. The summed E-state index contributed by atoms with van der Waals surface area (Å²) in [6.45, 7) is 6.35. The number of rotatable bonds is 1. The van der Waals surface area contributed by atoms with Crippen LogP contribution in [-0.4, -0.2) is 4.98 Å². The molecule has 0 aliphatic carbocycles. The van der Waals surface area contributed by atoms with Crippen molar-refractivity contribution in [2.24, 2.45) is 0 Å². The summed E-state index contributed by atoms with van der Waals surface area (Å²) in [5, 5.41) is 0.855. The first-order chi connectivity index (χ1) is 7.91. The third-order valence-electron chi connectivity index (χ3n) is 2.80. The van der Waals surface area contributed by atoms with Crippen molar-refractivity contribution in [2.45, 2.75) is 31.9 Å². The fraction of sp³-hybridized carbons (Fsp3) is 0.357. The lowest BCUT2D eigenvalue weighted by atomic mass is 9.90. The lowest BCUT2D eigenvalue weighted by Gasteiger charge is -2.19. The van der Waals surface area contributed by atoms with Crippen molar-refractivity contribution in [3.63, 3.8) is 0 Å². The van der Waals surface area contributed by atoms with Crippen LogP contribution in [0.3, 0.4) is 0 Å². The maximum atomic E-state index is 13.2. The maximum Gasteiger partial charge on any atom is 0.123 e. The van der Waals surface area contributed by atoms with Crippen LogP contribution in [0.5, 0.6) is 0 Å². The molecule has 90 valence electrons. The summed E-state index contributed by atoms with van der Waals surface area (Å²) in [6.07, 6.45) is 0. The average Bonchev–Trinajstić information content (AvgIpc) is 2.26. The quantitative estimate of drug-likeness (QED) is 0.751. The van der Waals surface area contributed by atoms with Crippen molar-refractivity contribution >= 4 is 23.5 Å². The van der Waals surface area contributed by atoms with Gasteiger partial charge in [0.05, 0.1) is 5.52 Å². The highest BCUT2D eigenvalue weighted by Gasteiger charge is 2.17. The van der Waals surface area contributed by atoms with E-state index in [1.807, 2.05) is 6.07 Å². The summed E-state index contributed by atoms with van der Waals surface area (Å²) < 4.78 is 13.2. The van der Waals surface area contributed by atoms with Crippen LogP contribution in [0.15, 0.2) is 24.3 Å². The topological polar surface area (TPSA) is 12.9 Å². The standard InChI is InChI=1S/C14H16FNS/c1-14(2,3)13-6-9(8-17)11-7-10(15)4-5-12(11)16-13/h4-7,17H,8H2,1-3H3. The van der Waals surface area contributed by atoms with Gasteiger partial charge in [-0.05, 0) is 29.8 Å². The molecule has 1 nitrogen and oxygen atoms in total. The highest BCUT2D eigenvalue weighted by Crippen LogP contribution is 2.27. The number of pyridine rings is 1. The van der Waals surface area contributed by atoms with E-state index in [4.69, 9.17) is 0 Å². The Morgan fingerprint density at radius 2 is 1.94 bits per heavy atom. The predicted molar refractivity (Wildman–Crippen MR) is 73.1 cm³/mol. The summed E-state index contributed by atoms with van der Waals surface area (Å²) in [5.41, 5.74) is 2.87. The number of thiol groups is 1. The van der Waals surface area contributed by atoms with Gasteiger partial charge in [-0.1, -0.05) is 20.8 Å². The molecule has 1 aromatic heterocycles. The van der Waals surface area contributed by atoms with Crippen molar-refractivity contribution in [3.8, 4) is 0 Å². The number of benzene rings is 1. The molecule has 0 radical (unpaired) electrons. The Morgan fingerprint density at radius 1 is 1.24 bits per heavy atom. The van der Waals surface area contributed by atoms with Crippen molar-refractivity contribution in [1.29, 1.82) is 0 Å². The lowest BCUT2D eigenvalue weighted by Crippen LogP contribution is -2.14. The van der Waals surface area contributed by atoms with Crippen LogP contribution in [-0.2, 0) is 11.2 Å². The molecule has 0 atom stereocenters. The van der Waals surface area contributed by atoms with E-state index in [1.54, 1.807) is 6.07 Å². The molecule has 0 fully saturated rings. The SMILES string of the molecule is CC(C)(C)c1cc(CS)c2cc(F)ccc2n1. The third-order valence-corrected chi connectivity index (χ3v) is 3.14. The molecular formula is C14H16FNS. The molecule has 2 rings (SSSR count). The average molecular weight is 249 g/mol. The minimum atomic E-state index is -0.231. The summed E-state index contributed by atoms with van der Waals surface area (Å²) in [6, 6.07) is 6.73.